The van der Waals surface area contributed by atoms with Gasteiger partial charge in [-0.2, -0.15) is 0 Å². The van der Waals surface area contributed by atoms with Crippen LogP contribution < -0.4 is 20.5 Å². The molecule has 0 aliphatic heterocycles. The Bertz CT molecular complexity index is 1240. The van der Waals surface area contributed by atoms with Gasteiger partial charge in [-0.15, -0.1) is 0 Å². The zero-order valence-corrected chi connectivity index (χ0v) is 33.5. The lowest BCUT2D eigenvalue weighted by molar-refractivity contribution is -0.137. The van der Waals surface area contributed by atoms with E-state index in [0.717, 1.165) is 38.5 Å². The summed E-state index contributed by atoms with van der Waals surface area (Å²) in [7, 11) is -4.01. The summed E-state index contributed by atoms with van der Waals surface area (Å²) in [6.07, 6.45) is 6.04. The summed E-state index contributed by atoms with van der Waals surface area (Å²) >= 11 is 0. The van der Waals surface area contributed by atoms with E-state index in [1.54, 1.807) is 86.6 Å². The summed E-state index contributed by atoms with van der Waals surface area (Å²) in [5, 5.41) is 8.30. The number of unbranched alkanes of at least 4 members (excludes halogenated alkanes) is 4. The van der Waals surface area contributed by atoms with Crippen molar-refractivity contribution in [2.75, 3.05) is 13.1 Å². The molecule has 3 N–H and O–H groups in total. The highest BCUT2D eigenvalue weighted by Crippen LogP contribution is 2.55. The number of benzene rings is 1. The van der Waals surface area contributed by atoms with Crippen LogP contribution in [0.3, 0.4) is 0 Å². The zero-order chi connectivity index (χ0) is 38.3. The Balaban J connectivity index is 3.08. The van der Waals surface area contributed by atoms with Gasteiger partial charge in [-0.25, -0.2) is 4.57 Å². The first kappa shape index (κ1) is 45.1. The van der Waals surface area contributed by atoms with Crippen LogP contribution in [0.2, 0.25) is 0 Å². The minimum Gasteiger partial charge on any atom is -0.404 e. The van der Waals surface area contributed by atoms with Crippen molar-refractivity contribution in [2.45, 2.75) is 157 Å². The molecular weight excluding hydrogens is 659 g/mol. The minimum atomic E-state index is -4.01. The molecule has 286 valence electrons. The van der Waals surface area contributed by atoms with Gasteiger partial charge in [0.25, 0.3) is 0 Å². The van der Waals surface area contributed by atoms with Gasteiger partial charge >= 0.3 is 7.82 Å². The molecule has 4 amide bonds. The molecule has 1 aromatic carbocycles. The molecule has 1 aromatic rings. The number of nitrogens with one attached hydrogen (secondary N) is 3. The van der Waals surface area contributed by atoms with Crippen molar-refractivity contribution in [2.24, 2.45) is 5.92 Å². The molecule has 13 heteroatoms. The van der Waals surface area contributed by atoms with E-state index in [1.165, 1.54) is 6.92 Å². The second-order valence-corrected chi connectivity index (χ2v) is 16.7. The lowest BCUT2D eigenvalue weighted by Gasteiger charge is -2.30. The van der Waals surface area contributed by atoms with Gasteiger partial charge < -0.3 is 25.4 Å². The standard InChI is InChI=1S/C37H65N4O8P/c1-13-15-17-23-41(24-18-16-14-2)35(45)27(5)38-34(44)32(26(3)4)40-33(43)31(39-28(6)42)25-29-19-21-30(22-20-29)47-50(46,48-36(7,8)9)49-37(10,11)12/h19-22,26-27,31-32H,13-18,23-25H2,1-12H3,(H,38,44)(H,39,42)(H,40,43)/t27-,31-,32-/m0/s1. The summed E-state index contributed by atoms with van der Waals surface area (Å²) < 4.78 is 30.6. The highest BCUT2D eigenvalue weighted by Gasteiger charge is 2.39. The zero-order valence-electron chi connectivity index (χ0n) is 32.6. The van der Waals surface area contributed by atoms with Crippen molar-refractivity contribution >= 4 is 31.5 Å². The molecule has 0 heterocycles. The Kier molecular flexibility index (Phi) is 18.7. The quantitative estimate of drug-likeness (QED) is 0.0936. The molecule has 3 atom stereocenters. The van der Waals surface area contributed by atoms with Crippen LogP contribution in [-0.4, -0.2) is 70.9 Å². The average molecular weight is 725 g/mol. The SMILES string of the molecule is CCCCCN(CCCCC)C(=O)[C@H](C)NC(=O)[C@@H](NC(=O)[C@H](Cc1ccc(OP(=O)(OC(C)(C)C)OC(C)(C)C)cc1)NC(C)=O)C(C)C. The third-order valence-corrected chi connectivity index (χ3v) is 9.37. The molecule has 0 saturated carbocycles. The highest BCUT2D eigenvalue weighted by atomic mass is 31.2. The highest BCUT2D eigenvalue weighted by molar-refractivity contribution is 7.49. The fraction of sp³-hybridized carbons (Fsp3) is 0.730. The van der Waals surface area contributed by atoms with Crippen LogP contribution in [0.5, 0.6) is 5.75 Å². The molecule has 0 fully saturated rings. The van der Waals surface area contributed by atoms with Gasteiger partial charge in [0.1, 0.15) is 23.9 Å². The van der Waals surface area contributed by atoms with Gasteiger partial charge in [-0.3, -0.25) is 28.2 Å². The van der Waals surface area contributed by atoms with E-state index in [0.29, 0.717) is 18.7 Å². The molecule has 50 heavy (non-hydrogen) atoms. The first-order chi connectivity index (χ1) is 23.1. The summed E-state index contributed by atoms with van der Waals surface area (Å²) in [4.78, 5) is 54.4. The number of carbonyl (C=O) groups is 4. The smallest absolute Gasteiger partial charge is 0.404 e. The van der Waals surface area contributed by atoms with E-state index >= 15 is 0 Å². The van der Waals surface area contributed by atoms with Gasteiger partial charge in [0.15, 0.2) is 0 Å². The molecule has 0 saturated heterocycles. The van der Waals surface area contributed by atoms with Crippen LogP contribution in [0.4, 0.5) is 0 Å². The van der Waals surface area contributed by atoms with E-state index in [1.807, 2.05) is 4.90 Å². The third kappa shape index (κ3) is 17.8. The summed E-state index contributed by atoms with van der Waals surface area (Å²) in [6, 6.07) is 3.82. The van der Waals surface area contributed by atoms with Gasteiger partial charge in [0.2, 0.25) is 23.6 Å². The Morgan fingerprint density at radius 2 is 1.26 bits per heavy atom. The Morgan fingerprint density at radius 3 is 1.68 bits per heavy atom. The molecule has 0 spiro atoms. The van der Waals surface area contributed by atoms with E-state index in [9.17, 15) is 23.7 Å². The normalized spacial score (nSPS) is 14.0. The fourth-order valence-corrected chi connectivity index (χ4v) is 6.93. The molecule has 0 radical (unpaired) electrons. The minimum absolute atomic E-state index is 0.103. The predicted octanol–water partition coefficient (Wildman–Crippen LogP) is 6.71. The van der Waals surface area contributed by atoms with Gasteiger partial charge in [0.05, 0.1) is 11.2 Å². The van der Waals surface area contributed by atoms with Crippen molar-refractivity contribution in [3.05, 3.63) is 29.8 Å². The van der Waals surface area contributed by atoms with Crippen LogP contribution in [0, 0.1) is 5.92 Å². The Labute approximate surface area is 301 Å². The molecule has 0 aromatic heterocycles. The third-order valence-electron chi connectivity index (χ3n) is 7.40. The molecule has 1 rings (SSSR count). The lowest BCUT2D eigenvalue weighted by Crippen LogP contribution is -2.58. The summed E-state index contributed by atoms with van der Waals surface area (Å²) in [6.45, 7) is 22.6. The monoisotopic (exact) mass is 724 g/mol. The van der Waals surface area contributed by atoms with E-state index < -0.39 is 54.9 Å². The van der Waals surface area contributed by atoms with Crippen molar-refractivity contribution in [3.63, 3.8) is 0 Å². The van der Waals surface area contributed by atoms with Gasteiger partial charge in [-0.05, 0) is 84.9 Å². The van der Waals surface area contributed by atoms with Crippen LogP contribution in [-0.2, 0) is 39.2 Å². The topological polar surface area (TPSA) is 152 Å². The van der Waals surface area contributed by atoms with Crippen LogP contribution in [0.25, 0.3) is 0 Å². The van der Waals surface area contributed by atoms with Crippen molar-refractivity contribution in [1.29, 1.82) is 0 Å². The van der Waals surface area contributed by atoms with Crippen LogP contribution in [0.1, 0.15) is 127 Å². The fourth-order valence-electron chi connectivity index (χ4n) is 5.10. The first-order valence-electron chi connectivity index (χ1n) is 18.1. The number of phosphoric ester groups is 1. The average Bonchev–Trinajstić information content (AvgIpc) is 2.96. The number of amides is 4. The largest absolute Gasteiger partial charge is 0.531 e. The number of rotatable bonds is 21. The Morgan fingerprint density at radius 1 is 0.760 bits per heavy atom. The van der Waals surface area contributed by atoms with Gasteiger partial charge in [0, 0.05) is 26.4 Å². The first-order valence-corrected chi connectivity index (χ1v) is 19.5. The maximum Gasteiger partial charge on any atom is 0.531 e. The molecule has 0 bridgehead atoms. The van der Waals surface area contributed by atoms with E-state index in [2.05, 4.69) is 29.8 Å². The number of phosphoric acid groups is 1. The molecule has 0 aliphatic rings. The second-order valence-electron chi connectivity index (χ2n) is 15.2. The number of hydrogen-bond donors (Lipinski definition) is 3. The van der Waals surface area contributed by atoms with Crippen LogP contribution in [0.15, 0.2) is 24.3 Å². The number of nitrogens with zero attached hydrogens (tertiary/aromatic N) is 1. The van der Waals surface area contributed by atoms with Crippen LogP contribution >= 0.6 is 7.82 Å². The molecule has 12 nitrogen and oxygen atoms in total. The maximum absolute atomic E-state index is 13.6. The molecule has 0 unspecified atom stereocenters. The maximum atomic E-state index is 13.6. The van der Waals surface area contributed by atoms with E-state index in [4.69, 9.17) is 13.6 Å². The second kappa shape index (κ2) is 20.8. The van der Waals surface area contributed by atoms with Crippen molar-refractivity contribution in [3.8, 4) is 5.75 Å². The summed E-state index contributed by atoms with van der Waals surface area (Å²) in [5.41, 5.74) is -0.938. The van der Waals surface area contributed by atoms with Gasteiger partial charge in [-0.1, -0.05) is 65.5 Å². The summed E-state index contributed by atoms with van der Waals surface area (Å²) in [5.74, 6) is -1.65. The molecule has 0 aliphatic carbocycles. The molecular formula is C37H65N4O8P. The Hall–Kier alpha value is -2.95. The van der Waals surface area contributed by atoms with Crippen molar-refractivity contribution in [1.82, 2.24) is 20.9 Å². The predicted molar refractivity (Wildman–Crippen MR) is 198 cm³/mol. The van der Waals surface area contributed by atoms with Crippen molar-refractivity contribution < 1.29 is 37.3 Å². The van der Waals surface area contributed by atoms with E-state index in [-0.39, 0.29) is 24.0 Å². The number of carbonyl (C=O) groups excluding carboxylic acids is 4. The lowest BCUT2D eigenvalue weighted by atomic mass is 10.0. The number of hydrogen-bond acceptors (Lipinski definition) is 8.